The topological polar surface area (TPSA) is 110 Å². The number of aryl methyl sites for hydroxylation is 1. The zero-order valence-electron chi connectivity index (χ0n) is 22.7. The highest BCUT2D eigenvalue weighted by atomic mass is 16.5. The lowest BCUT2D eigenvalue weighted by atomic mass is 9.76. The van der Waals surface area contributed by atoms with Gasteiger partial charge in [0.2, 0.25) is 6.41 Å². The Morgan fingerprint density at radius 2 is 1.69 bits per heavy atom. The van der Waals surface area contributed by atoms with E-state index in [4.69, 9.17) is 0 Å². The third kappa shape index (κ3) is 7.97. The van der Waals surface area contributed by atoms with Gasteiger partial charge < -0.3 is 14.9 Å². The van der Waals surface area contributed by atoms with Gasteiger partial charge in [-0.05, 0) is 68.5 Å². The van der Waals surface area contributed by atoms with E-state index in [2.05, 4.69) is 52.8 Å². The number of fused-ring (bicyclic) bond motifs is 1. The van der Waals surface area contributed by atoms with E-state index in [0.29, 0.717) is 40.5 Å². The van der Waals surface area contributed by atoms with Crippen molar-refractivity contribution in [3.8, 4) is 11.8 Å². The second-order valence-corrected chi connectivity index (χ2v) is 10.2. The zero-order chi connectivity index (χ0) is 28.6. The third-order valence-corrected chi connectivity index (χ3v) is 6.23. The normalized spacial score (nSPS) is 12.3. The van der Waals surface area contributed by atoms with Crippen LogP contribution in [-0.4, -0.2) is 28.1 Å². The Balaban J connectivity index is 0.000000239. The summed E-state index contributed by atoms with van der Waals surface area (Å²) in [6.45, 7) is 9.24. The molecule has 0 spiro atoms. The van der Waals surface area contributed by atoms with Gasteiger partial charge in [0.15, 0.2) is 5.78 Å². The smallest absolute Gasteiger partial charge is 0.366 e. The molecule has 1 amide bonds. The molecule has 4 aromatic rings. The molecule has 1 unspecified atom stereocenters. The highest BCUT2D eigenvalue weighted by molar-refractivity contribution is 5.94. The molecule has 39 heavy (non-hydrogen) atoms. The van der Waals surface area contributed by atoms with Crippen LogP contribution in [0.5, 0.6) is 0 Å². The number of aromatic nitrogens is 1. The summed E-state index contributed by atoms with van der Waals surface area (Å²) >= 11 is 0. The molecule has 0 saturated heterocycles. The molecule has 0 aliphatic heterocycles. The van der Waals surface area contributed by atoms with Crippen LogP contribution in [0.2, 0.25) is 0 Å². The van der Waals surface area contributed by atoms with Crippen LogP contribution >= 0.6 is 0 Å². The van der Waals surface area contributed by atoms with Crippen LogP contribution in [0.25, 0.3) is 10.8 Å². The maximum Gasteiger partial charge on any atom is 0.366 e. The monoisotopic (exact) mass is 524 g/mol. The summed E-state index contributed by atoms with van der Waals surface area (Å²) in [5.41, 5.74) is 2.10. The Bertz CT molecular complexity index is 1570. The van der Waals surface area contributed by atoms with Crippen LogP contribution in [0.15, 0.2) is 82.1 Å². The molecule has 0 fully saturated rings. The number of anilines is 1. The first kappa shape index (κ1) is 29.0. The van der Waals surface area contributed by atoms with Crippen molar-refractivity contribution in [3.63, 3.8) is 0 Å². The fourth-order valence-electron chi connectivity index (χ4n) is 4.28. The second kappa shape index (κ2) is 12.3. The lowest BCUT2D eigenvalue weighted by Crippen LogP contribution is -2.32. The van der Waals surface area contributed by atoms with Gasteiger partial charge >= 0.3 is 5.63 Å². The molecule has 0 bridgehead atoms. The fourth-order valence-corrected chi connectivity index (χ4v) is 4.28. The molecule has 1 aromatic heterocycles. The predicted octanol–water partition coefficient (Wildman–Crippen LogP) is 5.42. The number of hydrogen-bond acceptors (Lipinski definition) is 6. The van der Waals surface area contributed by atoms with Crippen molar-refractivity contribution in [2.75, 3.05) is 5.32 Å². The summed E-state index contributed by atoms with van der Waals surface area (Å²) in [5, 5.41) is 17.9. The Morgan fingerprint density at radius 1 is 1.03 bits per heavy atom. The first-order chi connectivity index (χ1) is 18.4. The molecule has 1 heterocycles. The maximum absolute atomic E-state index is 11.3. The summed E-state index contributed by atoms with van der Waals surface area (Å²) in [6.07, 6.45) is 1.11. The van der Waals surface area contributed by atoms with Crippen LogP contribution in [0.4, 0.5) is 5.69 Å². The number of benzene rings is 3. The number of amides is 1. The minimum Gasteiger partial charge on any atom is -0.378 e. The van der Waals surface area contributed by atoms with Crippen LogP contribution < -0.4 is 10.9 Å². The molecule has 7 nitrogen and oxygen atoms in total. The minimum absolute atomic E-state index is 0.0334. The molecule has 0 aliphatic rings. The fraction of sp³-hybridized carbons (Fsp3) is 0.250. The van der Waals surface area contributed by atoms with Crippen molar-refractivity contribution in [2.45, 2.75) is 52.1 Å². The molecule has 4 rings (SSSR count). The van der Waals surface area contributed by atoms with Gasteiger partial charge in [-0.15, -0.1) is 0 Å². The van der Waals surface area contributed by atoms with Crippen molar-refractivity contribution < 1.29 is 19.2 Å². The number of nitrogens with zero attached hydrogens (tertiary/aromatic N) is 1. The number of carbonyl (C=O) groups excluding carboxylic acids is 2. The second-order valence-electron chi connectivity index (χ2n) is 10.2. The number of carbonyl (C=O) groups is 2. The first-order valence-corrected chi connectivity index (χ1v) is 12.4. The Labute approximate surface area is 227 Å². The number of rotatable bonds is 6. The molecule has 0 aliphatic carbocycles. The predicted molar refractivity (Wildman–Crippen MR) is 153 cm³/mol. The first-order valence-electron chi connectivity index (χ1n) is 12.4. The lowest BCUT2D eigenvalue weighted by Gasteiger charge is -2.31. The summed E-state index contributed by atoms with van der Waals surface area (Å²) in [5.74, 6) is 6.02. The molecule has 0 radical (unpaired) electrons. The van der Waals surface area contributed by atoms with Crippen LogP contribution in [-0.2, 0) is 10.2 Å². The maximum atomic E-state index is 11.3. The van der Waals surface area contributed by atoms with E-state index in [1.54, 1.807) is 44.2 Å². The van der Waals surface area contributed by atoms with Gasteiger partial charge in [0.05, 0.1) is 11.1 Å². The largest absolute Gasteiger partial charge is 0.378 e. The number of hydrogen-bond donors (Lipinski definition) is 2. The van der Waals surface area contributed by atoms with E-state index in [1.807, 2.05) is 30.3 Å². The Morgan fingerprint density at radius 3 is 2.31 bits per heavy atom. The van der Waals surface area contributed by atoms with Gasteiger partial charge in [-0.2, -0.15) is 0 Å². The molecular weight excluding hydrogens is 492 g/mol. The van der Waals surface area contributed by atoms with Crippen molar-refractivity contribution in [1.29, 1.82) is 0 Å². The van der Waals surface area contributed by atoms with Gasteiger partial charge in [0, 0.05) is 22.2 Å². The summed E-state index contributed by atoms with van der Waals surface area (Å²) < 4.78 is 4.58. The molecular formula is C32H32N2O5. The van der Waals surface area contributed by atoms with E-state index < -0.39 is 11.2 Å². The van der Waals surface area contributed by atoms with Crippen molar-refractivity contribution in [1.82, 2.24) is 5.16 Å². The van der Waals surface area contributed by atoms with Gasteiger partial charge in [-0.1, -0.05) is 73.3 Å². The van der Waals surface area contributed by atoms with Gasteiger partial charge in [0.25, 0.3) is 0 Å². The number of aliphatic hydroxyl groups is 1. The highest BCUT2D eigenvalue weighted by Gasteiger charge is 2.30. The molecule has 1 atom stereocenters. The SMILES string of the molecule is CC(=O)c1ccc(C#CC(C)(O)CC(C)(C)c2ccccc2)cc1.Cc1noc(=O)c2ccc(NC=O)cc12. The van der Waals surface area contributed by atoms with Gasteiger partial charge in [0.1, 0.15) is 5.60 Å². The van der Waals surface area contributed by atoms with Crippen LogP contribution in [0.3, 0.4) is 0 Å². The van der Waals surface area contributed by atoms with Crippen LogP contribution in [0, 0.1) is 18.8 Å². The average molecular weight is 525 g/mol. The van der Waals surface area contributed by atoms with E-state index in [9.17, 15) is 19.5 Å². The summed E-state index contributed by atoms with van der Waals surface area (Å²) in [6, 6.07) is 22.2. The summed E-state index contributed by atoms with van der Waals surface area (Å²) in [7, 11) is 0. The Hall–Kier alpha value is -4.54. The third-order valence-electron chi connectivity index (χ3n) is 6.23. The highest BCUT2D eigenvalue weighted by Crippen LogP contribution is 2.32. The van der Waals surface area contributed by atoms with Crippen molar-refractivity contribution in [2.24, 2.45) is 0 Å². The van der Waals surface area contributed by atoms with Gasteiger partial charge in [-0.3, -0.25) is 9.59 Å². The van der Waals surface area contributed by atoms with E-state index in [0.717, 1.165) is 5.56 Å². The van der Waals surface area contributed by atoms with Crippen molar-refractivity contribution in [3.05, 3.63) is 106 Å². The minimum atomic E-state index is -1.10. The molecule has 2 N–H and O–H groups in total. The standard InChI is InChI=1S/C22H24O2.C10H8N2O3/c1-17(23)19-12-10-18(11-13-19)14-15-22(4,24)16-21(2,3)20-8-6-5-7-9-20;1-6-9-4-7(11-5-13)2-3-8(9)10(14)15-12-6/h5-13,24H,16H2,1-4H3;2-5H,1H3,(H,11,13). The number of Topliss-reactive ketones (excluding diaryl/α,β-unsaturated/α-hetero) is 1. The van der Waals surface area contributed by atoms with E-state index in [-0.39, 0.29) is 11.2 Å². The zero-order valence-corrected chi connectivity index (χ0v) is 22.7. The van der Waals surface area contributed by atoms with Crippen LogP contribution in [0.1, 0.15) is 61.3 Å². The van der Waals surface area contributed by atoms with E-state index >= 15 is 0 Å². The molecule has 3 aromatic carbocycles. The quantitative estimate of drug-likeness (QED) is 0.198. The van der Waals surface area contributed by atoms with Crippen molar-refractivity contribution >= 4 is 28.7 Å². The molecule has 7 heteroatoms. The molecule has 0 saturated carbocycles. The number of nitrogens with one attached hydrogen (secondary N) is 1. The summed E-state index contributed by atoms with van der Waals surface area (Å²) in [4.78, 5) is 32.8. The Kier molecular flexibility index (Phi) is 9.18. The molecule has 200 valence electrons. The average Bonchev–Trinajstić information content (AvgIpc) is 2.90. The lowest BCUT2D eigenvalue weighted by molar-refractivity contribution is -0.105. The van der Waals surface area contributed by atoms with Gasteiger partial charge in [-0.25, -0.2) is 4.79 Å². The van der Waals surface area contributed by atoms with E-state index in [1.165, 1.54) is 12.5 Å². The number of ketones is 1.